The lowest BCUT2D eigenvalue weighted by molar-refractivity contribution is 0.0351. The highest BCUT2D eigenvalue weighted by atomic mass is 35.5. The molecule has 0 aliphatic carbocycles. The van der Waals surface area contributed by atoms with E-state index in [4.69, 9.17) is 27.9 Å². The zero-order valence-corrected chi connectivity index (χ0v) is 11.5. The van der Waals surface area contributed by atoms with E-state index < -0.39 is 0 Å². The van der Waals surface area contributed by atoms with Crippen LogP contribution in [0.2, 0.25) is 10.2 Å². The van der Waals surface area contributed by atoms with Gasteiger partial charge >= 0.3 is 0 Å². The van der Waals surface area contributed by atoms with E-state index >= 15 is 0 Å². The molecule has 0 N–H and O–H groups in total. The van der Waals surface area contributed by atoms with Crippen molar-refractivity contribution in [2.75, 3.05) is 20.2 Å². The molecule has 1 aromatic rings. The zero-order valence-electron chi connectivity index (χ0n) is 10.0. The smallest absolute Gasteiger partial charge is 0.255 e. The highest BCUT2D eigenvalue weighted by Crippen LogP contribution is 2.22. The first-order valence-corrected chi connectivity index (χ1v) is 6.50. The number of rotatable bonds is 2. The molecule has 98 valence electrons. The quantitative estimate of drug-likeness (QED) is 0.786. The van der Waals surface area contributed by atoms with Crippen LogP contribution in [0.1, 0.15) is 23.2 Å². The van der Waals surface area contributed by atoms with Gasteiger partial charge in [0, 0.05) is 26.4 Å². The van der Waals surface area contributed by atoms with E-state index in [9.17, 15) is 4.79 Å². The van der Waals surface area contributed by atoms with Crippen molar-refractivity contribution >= 4 is 29.1 Å². The Morgan fingerprint density at radius 3 is 2.72 bits per heavy atom. The predicted octanol–water partition coefficient (Wildman–Crippen LogP) is 2.64. The molecule has 0 saturated carbocycles. The average Bonchev–Trinajstić information content (AvgIpc) is 2.41. The van der Waals surface area contributed by atoms with Crippen molar-refractivity contribution < 1.29 is 9.53 Å². The number of amides is 1. The summed E-state index contributed by atoms with van der Waals surface area (Å²) in [6.45, 7) is 1.35. The number of methoxy groups -OCH3 is 1. The number of likely N-dealkylation sites (tertiary alicyclic amines) is 1. The second-order valence-corrected chi connectivity index (χ2v) is 5.01. The Morgan fingerprint density at radius 2 is 2.11 bits per heavy atom. The second kappa shape index (κ2) is 5.87. The summed E-state index contributed by atoms with van der Waals surface area (Å²) in [6.07, 6.45) is 3.33. The highest BCUT2D eigenvalue weighted by Gasteiger charge is 2.24. The first-order valence-electron chi connectivity index (χ1n) is 5.75. The molecule has 0 atom stereocenters. The molecule has 0 spiro atoms. The van der Waals surface area contributed by atoms with Gasteiger partial charge in [0.15, 0.2) is 0 Å². The van der Waals surface area contributed by atoms with Gasteiger partial charge in [-0.2, -0.15) is 0 Å². The number of ether oxygens (including phenoxy) is 1. The van der Waals surface area contributed by atoms with E-state index in [-0.39, 0.29) is 17.2 Å². The maximum Gasteiger partial charge on any atom is 0.255 e. The van der Waals surface area contributed by atoms with Gasteiger partial charge in [-0.1, -0.05) is 23.2 Å². The third kappa shape index (κ3) is 2.94. The third-order valence-corrected chi connectivity index (χ3v) is 3.62. The standard InChI is InChI=1S/C12H14Cl2N2O2/c1-18-8-2-4-16(5-3-8)12(17)9-6-11(14)15-7-10(9)13/h6-8H,2-5H2,1H3. The summed E-state index contributed by atoms with van der Waals surface area (Å²) >= 11 is 11.8. The van der Waals surface area contributed by atoms with Gasteiger partial charge in [-0.05, 0) is 18.9 Å². The number of carbonyl (C=O) groups excluding carboxylic acids is 1. The Balaban J connectivity index is 2.10. The molecular formula is C12H14Cl2N2O2. The molecule has 1 saturated heterocycles. The van der Waals surface area contributed by atoms with E-state index in [2.05, 4.69) is 4.98 Å². The third-order valence-electron chi connectivity index (χ3n) is 3.11. The number of carbonyl (C=O) groups is 1. The number of aromatic nitrogens is 1. The van der Waals surface area contributed by atoms with Crippen molar-refractivity contribution in [1.82, 2.24) is 9.88 Å². The summed E-state index contributed by atoms with van der Waals surface area (Å²) in [7, 11) is 1.70. The van der Waals surface area contributed by atoms with E-state index in [1.165, 1.54) is 12.3 Å². The lowest BCUT2D eigenvalue weighted by atomic mass is 10.1. The fraction of sp³-hybridized carbons (Fsp3) is 0.500. The Labute approximate surface area is 116 Å². The summed E-state index contributed by atoms with van der Waals surface area (Å²) < 4.78 is 5.27. The largest absolute Gasteiger partial charge is 0.381 e. The summed E-state index contributed by atoms with van der Waals surface area (Å²) in [5.74, 6) is -0.0983. The van der Waals surface area contributed by atoms with Gasteiger partial charge in [-0.25, -0.2) is 4.98 Å². The second-order valence-electron chi connectivity index (χ2n) is 4.21. The van der Waals surface area contributed by atoms with Crippen molar-refractivity contribution in [2.24, 2.45) is 0 Å². The monoisotopic (exact) mass is 288 g/mol. The van der Waals surface area contributed by atoms with Gasteiger partial charge < -0.3 is 9.64 Å². The van der Waals surface area contributed by atoms with Crippen LogP contribution in [0.4, 0.5) is 0 Å². The Bertz CT molecular complexity index is 446. The topological polar surface area (TPSA) is 42.4 Å². The zero-order chi connectivity index (χ0) is 13.1. The molecule has 6 heteroatoms. The van der Waals surface area contributed by atoms with Gasteiger partial charge in [-0.3, -0.25) is 4.79 Å². The van der Waals surface area contributed by atoms with Crippen LogP contribution in [0.3, 0.4) is 0 Å². The van der Waals surface area contributed by atoms with Gasteiger partial charge in [-0.15, -0.1) is 0 Å². The van der Waals surface area contributed by atoms with Crippen molar-refractivity contribution in [3.8, 4) is 0 Å². The average molecular weight is 289 g/mol. The summed E-state index contributed by atoms with van der Waals surface area (Å²) in [6, 6.07) is 1.51. The molecule has 1 aliphatic rings. The van der Waals surface area contributed by atoms with Crippen LogP contribution in [0.25, 0.3) is 0 Å². The number of hydrogen-bond acceptors (Lipinski definition) is 3. The van der Waals surface area contributed by atoms with Gasteiger partial charge in [0.2, 0.25) is 0 Å². The first kappa shape index (κ1) is 13.6. The molecule has 1 aliphatic heterocycles. The van der Waals surface area contributed by atoms with Crippen LogP contribution in [0.5, 0.6) is 0 Å². The molecule has 1 aromatic heterocycles. The molecule has 0 radical (unpaired) electrons. The number of pyridine rings is 1. The van der Waals surface area contributed by atoms with E-state index in [1.54, 1.807) is 12.0 Å². The fourth-order valence-corrected chi connectivity index (χ4v) is 2.38. The molecule has 0 aromatic carbocycles. The minimum Gasteiger partial charge on any atom is -0.381 e. The molecule has 0 bridgehead atoms. The molecule has 4 nitrogen and oxygen atoms in total. The SMILES string of the molecule is COC1CCN(C(=O)c2cc(Cl)ncc2Cl)CC1. The van der Waals surface area contributed by atoms with E-state index in [0.717, 1.165) is 12.8 Å². The Kier molecular flexibility index (Phi) is 4.43. The molecule has 18 heavy (non-hydrogen) atoms. The van der Waals surface area contributed by atoms with Crippen molar-refractivity contribution in [3.05, 3.63) is 28.0 Å². The van der Waals surface area contributed by atoms with E-state index in [1.807, 2.05) is 0 Å². The highest BCUT2D eigenvalue weighted by molar-refractivity contribution is 6.35. The molecule has 1 fully saturated rings. The number of halogens is 2. The maximum atomic E-state index is 12.3. The van der Waals surface area contributed by atoms with Crippen molar-refractivity contribution in [2.45, 2.75) is 18.9 Å². The van der Waals surface area contributed by atoms with Gasteiger partial charge in [0.05, 0.1) is 16.7 Å². The minimum absolute atomic E-state index is 0.0983. The number of hydrogen-bond donors (Lipinski definition) is 0. The summed E-state index contributed by atoms with van der Waals surface area (Å²) in [5, 5.41) is 0.604. The van der Waals surface area contributed by atoms with Gasteiger partial charge in [0.25, 0.3) is 5.91 Å². The molecule has 2 rings (SSSR count). The Hall–Kier alpha value is -0.840. The number of nitrogens with zero attached hydrogens (tertiary/aromatic N) is 2. The van der Waals surface area contributed by atoms with Crippen molar-refractivity contribution in [1.29, 1.82) is 0 Å². The van der Waals surface area contributed by atoms with Crippen LogP contribution < -0.4 is 0 Å². The molecule has 0 unspecified atom stereocenters. The maximum absolute atomic E-state index is 12.3. The Morgan fingerprint density at radius 1 is 1.44 bits per heavy atom. The van der Waals surface area contributed by atoms with Crippen molar-refractivity contribution in [3.63, 3.8) is 0 Å². The van der Waals surface area contributed by atoms with Crippen LogP contribution >= 0.6 is 23.2 Å². The number of piperidine rings is 1. The lowest BCUT2D eigenvalue weighted by Gasteiger charge is -2.31. The normalized spacial score (nSPS) is 16.9. The summed E-state index contributed by atoms with van der Waals surface area (Å²) in [4.78, 5) is 17.9. The molecule has 1 amide bonds. The first-order chi connectivity index (χ1) is 8.61. The van der Waals surface area contributed by atoms with Gasteiger partial charge in [0.1, 0.15) is 5.15 Å². The molecular weight excluding hydrogens is 275 g/mol. The van der Waals surface area contributed by atoms with Crippen LogP contribution in [0, 0.1) is 0 Å². The summed E-state index contributed by atoms with van der Waals surface area (Å²) in [5.41, 5.74) is 0.410. The van der Waals surface area contributed by atoms with E-state index in [0.29, 0.717) is 23.7 Å². The van der Waals surface area contributed by atoms with Crippen LogP contribution in [-0.4, -0.2) is 42.1 Å². The fourth-order valence-electron chi connectivity index (χ4n) is 2.04. The lowest BCUT2D eigenvalue weighted by Crippen LogP contribution is -2.40. The predicted molar refractivity (Wildman–Crippen MR) is 70.2 cm³/mol. The molecule has 2 heterocycles. The minimum atomic E-state index is -0.0983. The van der Waals surface area contributed by atoms with Crippen LogP contribution in [0.15, 0.2) is 12.3 Å². The van der Waals surface area contributed by atoms with Crippen LogP contribution in [-0.2, 0) is 4.74 Å².